The summed E-state index contributed by atoms with van der Waals surface area (Å²) in [4.78, 5) is 40.8. The zero-order valence-corrected chi connectivity index (χ0v) is 19.1. The van der Waals surface area contributed by atoms with Gasteiger partial charge in [-0.1, -0.05) is 17.7 Å². The van der Waals surface area contributed by atoms with Crippen LogP contribution in [0.1, 0.15) is 13.8 Å². The number of nitrogens with zero attached hydrogens (tertiary/aromatic N) is 2. The molecule has 0 saturated carbocycles. The number of imide groups is 1. The highest BCUT2D eigenvalue weighted by molar-refractivity contribution is 6.32. The highest BCUT2D eigenvalue weighted by atomic mass is 35.5. The number of carbonyl (C=O) groups excluding carboxylic acids is 3. The summed E-state index contributed by atoms with van der Waals surface area (Å²) in [7, 11) is 1.18. The van der Waals surface area contributed by atoms with Crippen LogP contribution in [-0.2, 0) is 19.1 Å². The molecule has 35 heavy (non-hydrogen) atoms. The number of hydrogen-bond acceptors (Lipinski definition) is 7. The molecule has 0 radical (unpaired) electrons. The Balaban J connectivity index is 1.93. The summed E-state index contributed by atoms with van der Waals surface area (Å²) in [5.74, 6) is -6.61. The van der Waals surface area contributed by atoms with Crippen molar-refractivity contribution in [3.63, 3.8) is 0 Å². The van der Waals surface area contributed by atoms with Crippen molar-refractivity contribution >= 4 is 35.1 Å². The summed E-state index contributed by atoms with van der Waals surface area (Å²) >= 11 is 6.02. The molecular weight excluding hydrogens is 500 g/mol. The molecule has 0 aliphatic carbocycles. The van der Waals surface area contributed by atoms with Gasteiger partial charge in [-0.2, -0.15) is 18.2 Å². The van der Waals surface area contributed by atoms with Crippen LogP contribution in [-0.4, -0.2) is 42.2 Å². The third-order valence-electron chi connectivity index (χ3n) is 4.87. The van der Waals surface area contributed by atoms with Gasteiger partial charge in [0.2, 0.25) is 17.7 Å². The lowest BCUT2D eigenvalue weighted by Gasteiger charge is -2.30. The Morgan fingerprint density at radius 2 is 1.86 bits per heavy atom. The number of hydrogen-bond donors (Lipinski definition) is 0. The van der Waals surface area contributed by atoms with Crippen molar-refractivity contribution in [2.45, 2.75) is 26.1 Å². The smallest absolute Gasteiger partial charge is 0.413 e. The molecule has 13 heteroatoms. The van der Waals surface area contributed by atoms with Crippen LogP contribution in [0.4, 0.5) is 23.2 Å². The molecule has 8 nitrogen and oxygen atoms in total. The van der Waals surface area contributed by atoms with Gasteiger partial charge in [0.15, 0.2) is 6.10 Å². The van der Waals surface area contributed by atoms with E-state index >= 15 is 0 Å². The van der Waals surface area contributed by atoms with E-state index in [4.69, 9.17) is 21.1 Å². The van der Waals surface area contributed by atoms with E-state index in [9.17, 15) is 31.9 Å². The van der Waals surface area contributed by atoms with Gasteiger partial charge in [-0.15, -0.1) is 0 Å². The van der Waals surface area contributed by atoms with Crippen LogP contribution >= 0.6 is 11.6 Å². The zero-order chi connectivity index (χ0) is 26.1. The standard InChI is InChI=1S/C22H17ClF4N2O6/c1-10-12(22(25,26)27)7-19(30)29(20(10)31)15-9-16(13(23)8-14(15)24)35-18-6-4-5-17(28-18)34-11(2)21(32)33-3/h4-11H,1-3H3. The number of benzene rings is 1. The van der Waals surface area contributed by atoms with E-state index in [0.29, 0.717) is 0 Å². The molecule has 0 saturated heterocycles. The highest BCUT2D eigenvalue weighted by Crippen LogP contribution is 2.40. The second-order valence-corrected chi connectivity index (χ2v) is 7.67. The first kappa shape index (κ1) is 25.9. The third kappa shape index (κ3) is 5.53. The van der Waals surface area contributed by atoms with Crippen LogP contribution in [0.15, 0.2) is 42.0 Å². The predicted octanol–water partition coefficient (Wildman–Crippen LogP) is 4.60. The first-order valence-corrected chi connectivity index (χ1v) is 10.3. The Labute approximate surface area is 201 Å². The number of amides is 2. The molecule has 1 aromatic carbocycles. The lowest BCUT2D eigenvalue weighted by atomic mass is 9.94. The molecule has 2 heterocycles. The number of ether oxygens (including phenoxy) is 3. The lowest BCUT2D eigenvalue weighted by molar-refractivity contribution is -0.148. The number of methoxy groups -OCH3 is 1. The molecule has 3 rings (SSSR count). The van der Waals surface area contributed by atoms with E-state index in [1.807, 2.05) is 0 Å². The maximum Gasteiger partial charge on any atom is 0.413 e. The lowest BCUT2D eigenvalue weighted by Crippen LogP contribution is -2.46. The number of rotatable bonds is 6. The van der Waals surface area contributed by atoms with Gasteiger partial charge in [0.1, 0.15) is 11.6 Å². The van der Waals surface area contributed by atoms with Gasteiger partial charge in [-0.25, -0.2) is 14.1 Å². The van der Waals surface area contributed by atoms with Crippen LogP contribution < -0.4 is 14.4 Å². The topological polar surface area (TPSA) is 95.0 Å². The summed E-state index contributed by atoms with van der Waals surface area (Å²) in [6, 6.07) is 5.87. The van der Waals surface area contributed by atoms with Crippen molar-refractivity contribution in [3.8, 4) is 17.5 Å². The minimum atomic E-state index is -4.91. The van der Waals surface area contributed by atoms with Gasteiger partial charge >= 0.3 is 12.1 Å². The molecule has 2 atom stereocenters. The quantitative estimate of drug-likeness (QED) is 0.314. The average molecular weight is 517 g/mol. The third-order valence-corrected chi connectivity index (χ3v) is 5.16. The van der Waals surface area contributed by atoms with Crippen LogP contribution in [0.5, 0.6) is 17.5 Å². The Bertz CT molecular complexity index is 1220. The number of halogens is 5. The normalized spacial score (nSPS) is 17.1. The SMILES string of the molecule is COC(=O)C(C)Oc1cccc(Oc2cc(N3C(=O)C=C(C(F)(F)F)C(C)C3=O)c(F)cc2Cl)n1. The number of esters is 1. The average Bonchev–Trinajstić information content (AvgIpc) is 2.78. The van der Waals surface area contributed by atoms with Gasteiger partial charge in [-0.05, 0) is 19.9 Å². The van der Waals surface area contributed by atoms with Crippen molar-refractivity contribution in [3.05, 3.63) is 52.8 Å². The van der Waals surface area contributed by atoms with Gasteiger partial charge in [0.25, 0.3) is 5.91 Å². The number of anilines is 1. The number of alkyl halides is 3. The fraction of sp³-hybridized carbons (Fsp3) is 0.273. The number of pyridine rings is 1. The fourth-order valence-electron chi connectivity index (χ4n) is 3.12. The summed E-state index contributed by atoms with van der Waals surface area (Å²) < 4.78 is 69.5. The summed E-state index contributed by atoms with van der Waals surface area (Å²) in [5.41, 5.74) is -1.99. The molecule has 2 amide bonds. The largest absolute Gasteiger partial charge is 0.466 e. The Kier molecular flexibility index (Phi) is 7.34. The maximum absolute atomic E-state index is 14.7. The molecule has 186 valence electrons. The molecule has 1 aromatic heterocycles. The first-order chi connectivity index (χ1) is 16.3. The molecular formula is C22H17ClF4N2O6. The zero-order valence-electron chi connectivity index (χ0n) is 18.4. The number of aromatic nitrogens is 1. The Morgan fingerprint density at radius 1 is 1.20 bits per heavy atom. The fourth-order valence-corrected chi connectivity index (χ4v) is 3.31. The van der Waals surface area contributed by atoms with E-state index < -0.39 is 53.1 Å². The summed E-state index contributed by atoms with van der Waals surface area (Å²) in [6.45, 7) is 2.38. The predicted molar refractivity (Wildman–Crippen MR) is 114 cm³/mol. The molecule has 0 bridgehead atoms. The van der Waals surface area contributed by atoms with Crippen molar-refractivity contribution in [2.24, 2.45) is 5.92 Å². The summed E-state index contributed by atoms with van der Waals surface area (Å²) in [6.07, 6.45) is -5.66. The first-order valence-electron chi connectivity index (χ1n) is 9.88. The van der Waals surface area contributed by atoms with Crippen molar-refractivity contribution in [1.29, 1.82) is 0 Å². The van der Waals surface area contributed by atoms with Crippen molar-refractivity contribution in [2.75, 3.05) is 12.0 Å². The van der Waals surface area contributed by atoms with Crippen LogP contribution in [0.3, 0.4) is 0 Å². The van der Waals surface area contributed by atoms with Gasteiger partial charge in [0.05, 0.1) is 29.3 Å². The van der Waals surface area contributed by atoms with Crippen molar-refractivity contribution in [1.82, 2.24) is 4.98 Å². The van der Waals surface area contributed by atoms with E-state index in [1.54, 1.807) is 0 Å². The van der Waals surface area contributed by atoms with Crippen LogP contribution in [0, 0.1) is 11.7 Å². The second-order valence-electron chi connectivity index (χ2n) is 7.26. The molecule has 1 aliphatic rings. The molecule has 0 N–H and O–H groups in total. The van der Waals surface area contributed by atoms with Gasteiger partial charge in [0, 0.05) is 24.3 Å². The Hall–Kier alpha value is -3.67. The van der Waals surface area contributed by atoms with E-state index in [2.05, 4.69) is 9.72 Å². The summed E-state index contributed by atoms with van der Waals surface area (Å²) in [5, 5.41) is -0.279. The van der Waals surface area contributed by atoms with Crippen LogP contribution in [0.25, 0.3) is 0 Å². The Morgan fingerprint density at radius 3 is 2.49 bits per heavy atom. The highest BCUT2D eigenvalue weighted by Gasteiger charge is 2.46. The molecule has 0 spiro atoms. The van der Waals surface area contributed by atoms with Crippen LogP contribution in [0.2, 0.25) is 5.02 Å². The molecule has 0 fully saturated rings. The van der Waals surface area contributed by atoms with Crippen molar-refractivity contribution < 1.29 is 46.2 Å². The molecule has 2 aromatic rings. The van der Waals surface area contributed by atoms with Gasteiger partial charge in [-0.3, -0.25) is 9.59 Å². The van der Waals surface area contributed by atoms with Gasteiger partial charge < -0.3 is 14.2 Å². The van der Waals surface area contributed by atoms with E-state index in [-0.39, 0.29) is 33.5 Å². The number of carbonyl (C=O) groups is 3. The maximum atomic E-state index is 14.7. The van der Waals surface area contributed by atoms with E-state index in [1.165, 1.54) is 32.2 Å². The second kappa shape index (κ2) is 9.90. The minimum absolute atomic E-state index is 0.0288. The minimum Gasteiger partial charge on any atom is -0.466 e. The monoisotopic (exact) mass is 516 g/mol. The van der Waals surface area contributed by atoms with E-state index in [0.717, 1.165) is 19.1 Å². The molecule has 2 unspecified atom stereocenters. The molecule has 1 aliphatic heterocycles.